The van der Waals surface area contributed by atoms with Crippen LogP contribution in [0.25, 0.3) is 0 Å². The van der Waals surface area contributed by atoms with Crippen molar-refractivity contribution in [3.8, 4) is 0 Å². The Morgan fingerprint density at radius 3 is 2.81 bits per heavy atom. The lowest BCUT2D eigenvalue weighted by molar-refractivity contribution is 0.0652. The van der Waals surface area contributed by atoms with Gasteiger partial charge in [-0.15, -0.1) is 0 Å². The van der Waals surface area contributed by atoms with E-state index in [9.17, 15) is 0 Å². The second-order valence-electron chi connectivity index (χ2n) is 5.57. The molecule has 2 fully saturated rings. The van der Waals surface area contributed by atoms with Gasteiger partial charge in [-0.1, -0.05) is 13.3 Å². The molecule has 2 rings (SSSR count). The molecule has 2 nitrogen and oxygen atoms in total. The number of aliphatic hydroxyl groups excluding tert-OH is 1. The highest BCUT2D eigenvalue weighted by molar-refractivity contribution is 4.93. The Hall–Kier alpha value is -0.0800. The molecule has 0 aromatic heterocycles. The standard InChI is InChI=1S/C14H27NO/c1-2-12-8-9-13(6-3-4-11-16)15-10-5-7-14(12)15/h12-14,16H,2-11H2,1H3/t12-,13-,14+/m1/s1. The predicted molar refractivity (Wildman–Crippen MR) is 67.5 cm³/mol. The van der Waals surface area contributed by atoms with Gasteiger partial charge < -0.3 is 5.11 Å². The highest BCUT2D eigenvalue weighted by Crippen LogP contribution is 2.38. The van der Waals surface area contributed by atoms with Crippen LogP contribution >= 0.6 is 0 Å². The number of aliphatic hydroxyl groups is 1. The number of nitrogens with zero attached hydrogens (tertiary/aromatic N) is 1. The van der Waals surface area contributed by atoms with Crippen molar-refractivity contribution in [3.63, 3.8) is 0 Å². The van der Waals surface area contributed by atoms with Gasteiger partial charge in [0, 0.05) is 18.7 Å². The number of piperidine rings is 1. The number of hydrogen-bond donors (Lipinski definition) is 1. The summed E-state index contributed by atoms with van der Waals surface area (Å²) in [4.78, 5) is 2.80. The van der Waals surface area contributed by atoms with Gasteiger partial charge in [0.2, 0.25) is 0 Å². The summed E-state index contributed by atoms with van der Waals surface area (Å²) in [6, 6.07) is 1.74. The molecule has 0 saturated carbocycles. The van der Waals surface area contributed by atoms with Crippen LogP contribution in [0.3, 0.4) is 0 Å². The van der Waals surface area contributed by atoms with Crippen molar-refractivity contribution in [2.24, 2.45) is 5.92 Å². The van der Waals surface area contributed by atoms with Gasteiger partial charge in [0.15, 0.2) is 0 Å². The first kappa shape index (κ1) is 12.4. The summed E-state index contributed by atoms with van der Waals surface area (Å²) >= 11 is 0. The zero-order valence-electron chi connectivity index (χ0n) is 10.7. The fourth-order valence-electron chi connectivity index (χ4n) is 3.82. The molecule has 0 aromatic carbocycles. The lowest BCUT2D eigenvalue weighted by atomic mass is 9.83. The molecule has 0 aliphatic carbocycles. The molecule has 0 aromatic rings. The molecular formula is C14H27NO. The van der Waals surface area contributed by atoms with Crippen molar-refractivity contribution >= 4 is 0 Å². The Morgan fingerprint density at radius 1 is 1.19 bits per heavy atom. The fraction of sp³-hybridized carbons (Fsp3) is 1.00. The Bertz CT molecular complexity index is 205. The van der Waals surface area contributed by atoms with E-state index in [1.54, 1.807) is 0 Å². The molecule has 2 aliphatic heterocycles. The van der Waals surface area contributed by atoms with Gasteiger partial charge in [-0.05, 0) is 57.4 Å². The molecule has 0 bridgehead atoms. The SMILES string of the molecule is CC[C@@H]1CC[C@@H](CCCCO)N2CCC[C@@H]12. The molecule has 2 heterocycles. The van der Waals surface area contributed by atoms with Crippen LogP contribution in [-0.2, 0) is 0 Å². The highest BCUT2D eigenvalue weighted by Gasteiger charge is 2.38. The monoisotopic (exact) mass is 225 g/mol. The molecule has 0 amide bonds. The summed E-state index contributed by atoms with van der Waals surface area (Å²) in [5, 5.41) is 8.85. The van der Waals surface area contributed by atoms with Crippen LogP contribution in [0.2, 0.25) is 0 Å². The third-order valence-corrected chi connectivity index (χ3v) is 4.70. The van der Waals surface area contributed by atoms with Crippen LogP contribution in [0, 0.1) is 5.92 Å². The molecule has 0 unspecified atom stereocenters. The van der Waals surface area contributed by atoms with E-state index in [1.165, 1.54) is 51.5 Å². The third-order valence-electron chi connectivity index (χ3n) is 4.70. The van der Waals surface area contributed by atoms with E-state index < -0.39 is 0 Å². The Balaban J connectivity index is 1.86. The Labute approximate surface area is 100 Å². The molecule has 3 atom stereocenters. The Morgan fingerprint density at radius 2 is 2.06 bits per heavy atom. The second kappa shape index (κ2) is 6.02. The minimum atomic E-state index is 0.369. The van der Waals surface area contributed by atoms with Gasteiger partial charge in [0.25, 0.3) is 0 Å². The van der Waals surface area contributed by atoms with Crippen molar-refractivity contribution in [2.45, 2.75) is 70.4 Å². The van der Waals surface area contributed by atoms with Crippen LogP contribution in [-0.4, -0.2) is 35.2 Å². The summed E-state index contributed by atoms with van der Waals surface area (Å²) < 4.78 is 0. The topological polar surface area (TPSA) is 23.5 Å². The van der Waals surface area contributed by atoms with Gasteiger partial charge in [-0.3, -0.25) is 4.90 Å². The normalized spacial score (nSPS) is 35.2. The maximum absolute atomic E-state index is 8.85. The first-order valence-corrected chi connectivity index (χ1v) is 7.23. The number of unbranched alkanes of at least 4 members (excludes halogenated alkanes) is 1. The molecule has 0 spiro atoms. The third kappa shape index (κ3) is 2.60. The Kier molecular flexibility index (Phi) is 4.66. The van der Waals surface area contributed by atoms with Crippen LogP contribution in [0.1, 0.15) is 58.3 Å². The highest BCUT2D eigenvalue weighted by atomic mass is 16.2. The van der Waals surface area contributed by atoms with Crippen molar-refractivity contribution in [3.05, 3.63) is 0 Å². The predicted octanol–water partition coefficient (Wildman–Crippen LogP) is 2.80. The summed E-state index contributed by atoms with van der Waals surface area (Å²) in [5.74, 6) is 0.969. The molecule has 94 valence electrons. The molecule has 1 N–H and O–H groups in total. The lowest BCUT2D eigenvalue weighted by Crippen LogP contribution is -2.47. The van der Waals surface area contributed by atoms with Crippen molar-refractivity contribution in [1.29, 1.82) is 0 Å². The smallest absolute Gasteiger partial charge is 0.0431 e. The van der Waals surface area contributed by atoms with Crippen LogP contribution in [0.4, 0.5) is 0 Å². The first-order chi connectivity index (χ1) is 7.86. The van der Waals surface area contributed by atoms with Crippen LogP contribution < -0.4 is 0 Å². The van der Waals surface area contributed by atoms with Crippen LogP contribution in [0.5, 0.6) is 0 Å². The first-order valence-electron chi connectivity index (χ1n) is 7.23. The minimum Gasteiger partial charge on any atom is -0.396 e. The number of hydrogen-bond acceptors (Lipinski definition) is 2. The van der Waals surface area contributed by atoms with Crippen LogP contribution in [0.15, 0.2) is 0 Å². The largest absolute Gasteiger partial charge is 0.396 e. The van der Waals surface area contributed by atoms with Gasteiger partial charge >= 0.3 is 0 Å². The number of rotatable bonds is 5. The lowest BCUT2D eigenvalue weighted by Gasteiger charge is -2.42. The molecule has 2 aliphatic rings. The zero-order chi connectivity index (χ0) is 11.4. The quantitative estimate of drug-likeness (QED) is 0.727. The fourth-order valence-corrected chi connectivity index (χ4v) is 3.82. The molecule has 16 heavy (non-hydrogen) atoms. The van der Waals surface area contributed by atoms with E-state index in [0.29, 0.717) is 6.61 Å². The van der Waals surface area contributed by atoms with E-state index in [2.05, 4.69) is 11.8 Å². The van der Waals surface area contributed by atoms with E-state index in [0.717, 1.165) is 24.4 Å². The summed E-state index contributed by atoms with van der Waals surface area (Å²) in [6.45, 7) is 4.06. The average molecular weight is 225 g/mol. The van der Waals surface area contributed by atoms with Crippen molar-refractivity contribution in [1.82, 2.24) is 4.90 Å². The molecule has 2 heteroatoms. The molecular weight excluding hydrogens is 198 g/mol. The number of fused-ring (bicyclic) bond motifs is 1. The van der Waals surface area contributed by atoms with Crippen molar-refractivity contribution in [2.75, 3.05) is 13.2 Å². The molecule has 0 radical (unpaired) electrons. The maximum atomic E-state index is 8.85. The van der Waals surface area contributed by atoms with E-state index >= 15 is 0 Å². The van der Waals surface area contributed by atoms with Crippen molar-refractivity contribution < 1.29 is 5.11 Å². The average Bonchev–Trinajstić information content (AvgIpc) is 2.79. The molecule has 2 saturated heterocycles. The zero-order valence-corrected chi connectivity index (χ0v) is 10.7. The van der Waals surface area contributed by atoms with E-state index in [-0.39, 0.29) is 0 Å². The van der Waals surface area contributed by atoms with E-state index in [1.807, 2.05) is 0 Å². The van der Waals surface area contributed by atoms with Gasteiger partial charge in [0.1, 0.15) is 0 Å². The van der Waals surface area contributed by atoms with E-state index in [4.69, 9.17) is 5.11 Å². The summed E-state index contributed by atoms with van der Waals surface area (Å²) in [7, 11) is 0. The van der Waals surface area contributed by atoms with Gasteiger partial charge in [0.05, 0.1) is 0 Å². The van der Waals surface area contributed by atoms with Gasteiger partial charge in [-0.2, -0.15) is 0 Å². The summed E-state index contributed by atoms with van der Waals surface area (Å²) in [5.41, 5.74) is 0. The van der Waals surface area contributed by atoms with Gasteiger partial charge in [-0.25, -0.2) is 0 Å². The second-order valence-corrected chi connectivity index (χ2v) is 5.57. The maximum Gasteiger partial charge on any atom is 0.0431 e. The summed E-state index contributed by atoms with van der Waals surface area (Å²) in [6.07, 6.45) is 10.6. The minimum absolute atomic E-state index is 0.369.